The lowest BCUT2D eigenvalue weighted by Crippen LogP contribution is -2.37. The summed E-state index contributed by atoms with van der Waals surface area (Å²) < 4.78 is 12.7. The van der Waals surface area contributed by atoms with Gasteiger partial charge in [-0.1, -0.05) is 6.08 Å². The summed E-state index contributed by atoms with van der Waals surface area (Å²) >= 11 is 0. The molecule has 1 aromatic rings. The molecule has 1 unspecified atom stereocenters. The Morgan fingerprint density at radius 1 is 1.50 bits per heavy atom. The molecular weight excluding hydrogens is 205 g/mol. The van der Waals surface area contributed by atoms with E-state index in [2.05, 4.69) is 6.58 Å². The van der Waals surface area contributed by atoms with Gasteiger partial charge in [0.1, 0.15) is 5.82 Å². The summed E-state index contributed by atoms with van der Waals surface area (Å²) in [7, 11) is 0. The van der Waals surface area contributed by atoms with Crippen molar-refractivity contribution in [2.45, 2.75) is 19.9 Å². The molecule has 0 radical (unpaired) electrons. The summed E-state index contributed by atoms with van der Waals surface area (Å²) in [4.78, 5) is 13.7. The van der Waals surface area contributed by atoms with Gasteiger partial charge >= 0.3 is 0 Å². The van der Waals surface area contributed by atoms with Crippen LogP contribution in [-0.2, 0) is 0 Å². The van der Waals surface area contributed by atoms with Crippen molar-refractivity contribution in [3.63, 3.8) is 0 Å². The fourth-order valence-electron chi connectivity index (χ4n) is 1.50. The first-order valence-electron chi connectivity index (χ1n) is 5.29. The zero-order valence-corrected chi connectivity index (χ0v) is 9.61. The van der Waals surface area contributed by atoms with Crippen LogP contribution in [0.25, 0.3) is 0 Å². The van der Waals surface area contributed by atoms with Crippen LogP contribution in [-0.4, -0.2) is 23.4 Å². The van der Waals surface area contributed by atoms with E-state index in [4.69, 9.17) is 0 Å². The molecule has 0 heterocycles. The molecule has 0 N–H and O–H groups in total. The molecule has 0 bridgehead atoms. The SMILES string of the molecule is C=CC(C)N(CC)C(=O)c1ccc(F)cc1. The Kier molecular flexibility index (Phi) is 4.23. The predicted molar refractivity (Wildman–Crippen MR) is 62.8 cm³/mol. The molecule has 0 saturated heterocycles. The molecule has 0 spiro atoms. The Balaban J connectivity index is 2.91. The van der Waals surface area contributed by atoms with Crippen molar-refractivity contribution in [3.05, 3.63) is 48.3 Å². The fourth-order valence-corrected chi connectivity index (χ4v) is 1.50. The minimum Gasteiger partial charge on any atom is -0.333 e. The summed E-state index contributed by atoms with van der Waals surface area (Å²) in [5.41, 5.74) is 0.497. The molecule has 0 aromatic heterocycles. The fraction of sp³-hybridized carbons (Fsp3) is 0.308. The molecular formula is C13H16FNO. The van der Waals surface area contributed by atoms with Crippen LogP contribution in [0.1, 0.15) is 24.2 Å². The molecule has 1 amide bonds. The summed E-state index contributed by atoms with van der Waals surface area (Å²) in [5.74, 6) is -0.439. The number of rotatable bonds is 4. The van der Waals surface area contributed by atoms with Crippen molar-refractivity contribution in [3.8, 4) is 0 Å². The Bertz CT molecular complexity index is 372. The second-order valence-electron chi connectivity index (χ2n) is 3.57. The van der Waals surface area contributed by atoms with Gasteiger partial charge in [0.05, 0.1) is 0 Å². The number of hydrogen-bond donors (Lipinski definition) is 0. The van der Waals surface area contributed by atoms with Crippen LogP contribution >= 0.6 is 0 Å². The van der Waals surface area contributed by atoms with Gasteiger partial charge in [0.25, 0.3) is 5.91 Å². The monoisotopic (exact) mass is 221 g/mol. The van der Waals surface area contributed by atoms with Crippen molar-refractivity contribution < 1.29 is 9.18 Å². The number of hydrogen-bond acceptors (Lipinski definition) is 1. The van der Waals surface area contributed by atoms with Gasteiger partial charge in [-0.2, -0.15) is 0 Å². The van der Waals surface area contributed by atoms with Gasteiger partial charge in [0.15, 0.2) is 0 Å². The maximum atomic E-state index is 12.7. The van der Waals surface area contributed by atoms with Crippen molar-refractivity contribution in [1.82, 2.24) is 4.90 Å². The van der Waals surface area contributed by atoms with Crippen LogP contribution in [0.15, 0.2) is 36.9 Å². The highest BCUT2D eigenvalue weighted by Gasteiger charge is 2.17. The molecule has 0 aliphatic rings. The summed E-state index contributed by atoms with van der Waals surface area (Å²) in [5, 5.41) is 0. The van der Waals surface area contributed by atoms with Gasteiger partial charge in [-0.15, -0.1) is 6.58 Å². The Morgan fingerprint density at radius 2 is 2.06 bits per heavy atom. The maximum absolute atomic E-state index is 12.7. The van der Waals surface area contributed by atoms with Crippen molar-refractivity contribution in [2.75, 3.05) is 6.54 Å². The van der Waals surface area contributed by atoms with Crippen molar-refractivity contribution >= 4 is 5.91 Å². The van der Waals surface area contributed by atoms with Crippen molar-refractivity contribution in [2.24, 2.45) is 0 Å². The molecule has 0 aliphatic heterocycles. The van der Waals surface area contributed by atoms with Gasteiger partial charge in [0, 0.05) is 18.2 Å². The average Bonchev–Trinajstić information content (AvgIpc) is 2.30. The molecule has 2 nitrogen and oxygen atoms in total. The Morgan fingerprint density at radius 3 is 2.50 bits per heavy atom. The molecule has 1 aromatic carbocycles. The highest BCUT2D eigenvalue weighted by Crippen LogP contribution is 2.10. The zero-order chi connectivity index (χ0) is 12.1. The minimum atomic E-state index is -0.337. The number of benzene rings is 1. The Hall–Kier alpha value is -1.64. The van der Waals surface area contributed by atoms with Gasteiger partial charge in [0.2, 0.25) is 0 Å². The first-order chi connectivity index (χ1) is 7.60. The van der Waals surface area contributed by atoms with Crippen molar-refractivity contribution in [1.29, 1.82) is 0 Å². The normalized spacial score (nSPS) is 11.9. The van der Waals surface area contributed by atoms with Crippen LogP contribution in [0.5, 0.6) is 0 Å². The molecule has 16 heavy (non-hydrogen) atoms. The van der Waals surface area contributed by atoms with E-state index in [0.29, 0.717) is 12.1 Å². The second-order valence-corrected chi connectivity index (χ2v) is 3.57. The third-order valence-corrected chi connectivity index (χ3v) is 2.53. The third-order valence-electron chi connectivity index (χ3n) is 2.53. The number of carbonyl (C=O) groups is 1. The van der Waals surface area contributed by atoms with E-state index in [0.717, 1.165) is 0 Å². The van der Waals surface area contributed by atoms with E-state index in [1.807, 2.05) is 13.8 Å². The largest absolute Gasteiger partial charge is 0.333 e. The number of likely N-dealkylation sites (N-methyl/N-ethyl adjacent to an activating group) is 1. The lowest BCUT2D eigenvalue weighted by molar-refractivity contribution is 0.0734. The van der Waals surface area contributed by atoms with Gasteiger partial charge in [-0.3, -0.25) is 4.79 Å². The van der Waals surface area contributed by atoms with Crippen LogP contribution < -0.4 is 0 Å². The smallest absolute Gasteiger partial charge is 0.254 e. The maximum Gasteiger partial charge on any atom is 0.254 e. The average molecular weight is 221 g/mol. The van der Waals surface area contributed by atoms with E-state index >= 15 is 0 Å². The summed E-state index contributed by atoms with van der Waals surface area (Å²) in [6.07, 6.45) is 1.71. The Labute approximate surface area is 95.4 Å². The number of carbonyl (C=O) groups excluding carboxylic acids is 1. The number of amides is 1. The molecule has 3 heteroatoms. The molecule has 1 rings (SSSR count). The first-order valence-corrected chi connectivity index (χ1v) is 5.29. The van der Waals surface area contributed by atoms with Gasteiger partial charge < -0.3 is 4.90 Å². The summed E-state index contributed by atoms with van der Waals surface area (Å²) in [6, 6.07) is 5.55. The molecule has 0 saturated carbocycles. The second kappa shape index (κ2) is 5.45. The van der Waals surface area contributed by atoms with E-state index in [1.165, 1.54) is 24.3 Å². The van der Waals surface area contributed by atoms with E-state index in [-0.39, 0.29) is 17.8 Å². The highest BCUT2D eigenvalue weighted by molar-refractivity contribution is 5.94. The lowest BCUT2D eigenvalue weighted by atomic mass is 10.1. The number of halogens is 1. The number of nitrogens with zero attached hydrogens (tertiary/aromatic N) is 1. The van der Waals surface area contributed by atoms with Crippen LogP contribution in [0, 0.1) is 5.82 Å². The van der Waals surface area contributed by atoms with Gasteiger partial charge in [-0.25, -0.2) is 4.39 Å². The zero-order valence-electron chi connectivity index (χ0n) is 9.61. The third kappa shape index (κ3) is 2.69. The topological polar surface area (TPSA) is 20.3 Å². The predicted octanol–water partition coefficient (Wildman–Crippen LogP) is 2.86. The molecule has 86 valence electrons. The van der Waals surface area contributed by atoms with Crippen LogP contribution in [0.2, 0.25) is 0 Å². The van der Waals surface area contributed by atoms with Crippen LogP contribution in [0.3, 0.4) is 0 Å². The lowest BCUT2D eigenvalue weighted by Gasteiger charge is -2.25. The minimum absolute atomic E-state index is 0.0254. The summed E-state index contributed by atoms with van der Waals surface area (Å²) in [6.45, 7) is 8.07. The highest BCUT2D eigenvalue weighted by atomic mass is 19.1. The van der Waals surface area contributed by atoms with E-state index in [9.17, 15) is 9.18 Å². The van der Waals surface area contributed by atoms with Gasteiger partial charge in [-0.05, 0) is 38.1 Å². The molecule has 1 atom stereocenters. The standard InChI is InChI=1S/C13H16FNO/c1-4-10(3)15(5-2)13(16)11-6-8-12(14)9-7-11/h4,6-10H,1,5H2,2-3H3. The van der Waals surface area contributed by atoms with Crippen LogP contribution in [0.4, 0.5) is 4.39 Å². The first kappa shape index (κ1) is 12.4. The molecule has 0 aliphatic carbocycles. The van der Waals surface area contributed by atoms with E-state index in [1.54, 1.807) is 11.0 Å². The quantitative estimate of drug-likeness (QED) is 0.716. The molecule has 0 fully saturated rings. The van der Waals surface area contributed by atoms with E-state index < -0.39 is 0 Å².